The maximum Gasteiger partial charge on any atom is 0.252 e. The molecule has 0 saturated carbocycles. The largest absolute Gasteiger partial charge is 0.384 e. The number of aromatic nitrogens is 3. The van der Waals surface area contributed by atoms with Crippen LogP contribution in [0.2, 0.25) is 0 Å². The van der Waals surface area contributed by atoms with E-state index >= 15 is 0 Å². The number of carbonyl (C=O) groups excluding carboxylic acids is 1. The van der Waals surface area contributed by atoms with Crippen molar-refractivity contribution in [3.63, 3.8) is 0 Å². The van der Waals surface area contributed by atoms with Gasteiger partial charge in [0.2, 0.25) is 0 Å². The molecule has 7 nitrogen and oxygen atoms in total. The molecule has 160 valence electrons. The zero-order valence-electron chi connectivity index (χ0n) is 17.6. The second-order valence-corrected chi connectivity index (χ2v) is 7.99. The maximum atomic E-state index is 13.2. The summed E-state index contributed by atoms with van der Waals surface area (Å²) in [7, 11) is 0. The highest BCUT2D eigenvalue weighted by atomic mass is 16.1. The minimum absolute atomic E-state index is 0.0406. The number of piperidine rings is 1. The number of carbonyl (C=O) groups is 1. The van der Waals surface area contributed by atoms with Crippen LogP contribution in [0.5, 0.6) is 0 Å². The van der Waals surface area contributed by atoms with Gasteiger partial charge in [0.15, 0.2) is 5.82 Å². The maximum absolute atomic E-state index is 13.2. The van der Waals surface area contributed by atoms with E-state index in [4.69, 9.17) is 5.73 Å². The van der Waals surface area contributed by atoms with Gasteiger partial charge in [-0.05, 0) is 59.5 Å². The van der Waals surface area contributed by atoms with Gasteiger partial charge in [0.25, 0.3) is 5.91 Å². The Kier molecular flexibility index (Phi) is 5.37. The van der Waals surface area contributed by atoms with Gasteiger partial charge in [-0.2, -0.15) is 5.10 Å². The lowest BCUT2D eigenvalue weighted by Gasteiger charge is -2.32. The van der Waals surface area contributed by atoms with Gasteiger partial charge in [0.05, 0.1) is 0 Å². The molecule has 0 unspecified atom stereocenters. The Labute approximate surface area is 186 Å². The lowest BCUT2D eigenvalue weighted by molar-refractivity contribution is 0.0933. The van der Waals surface area contributed by atoms with Crippen LogP contribution in [0.25, 0.3) is 21.9 Å². The van der Waals surface area contributed by atoms with E-state index in [9.17, 15) is 4.79 Å². The SMILES string of the molecule is Nc1ccc(-c2cccc3c(C(=O)NC4CCN(c5cccnn5)CC4)cccc23)cn1. The Bertz CT molecular complexity index is 1230. The minimum Gasteiger partial charge on any atom is -0.384 e. The van der Waals surface area contributed by atoms with Crippen LogP contribution in [-0.2, 0) is 0 Å². The summed E-state index contributed by atoms with van der Waals surface area (Å²) in [6.45, 7) is 1.68. The molecule has 1 saturated heterocycles. The van der Waals surface area contributed by atoms with Gasteiger partial charge in [0.1, 0.15) is 5.82 Å². The molecule has 5 rings (SSSR count). The molecule has 1 amide bonds. The highest BCUT2D eigenvalue weighted by Crippen LogP contribution is 2.30. The number of nitrogens with one attached hydrogen (secondary N) is 1. The first kappa shape index (κ1) is 19.9. The minimum atomic E-state index is -0.0406. The van der Waals surface area contributed by atoms with Gasteiger partial charge in [-0.15, -0.1) is 5.10 Å². The van der Waals surface area contributed by atoms with Crippen molar-refractivity contribution >= 4 is 28.3 Å². The van der Waals surface area contributed by atoms with Crippen LogP contribution in [0.15, 0.2) is 73.1 Å². The fourth-order valence-corrected chi connectivity index (χ4v) is 4.30. The first-order valence-electron chi connectivity index (χ1n) is 10.8. The van der Waals surface area contributed by atoms with Crippen LogP contribution >= 0.6 is 0 Å². The summed E-state index contributed by atoms with van der Waals surface area (Å²) in [5, 5.41) is 13.3. The molecule has 1 aliphatic rings. The molecule has 2 aromatic carbocycles. The number of hydrogen-bond donors (Lipinski definition) is 2. The van der Waals surface area contributed by atoms with E-state index in [0.29, 0.717) is 11.4 Å². The Morgan fingerprint density at radius 2 is 1.78 bits per heavy atom. The summed E-state index contributed by atoms with van der Waals surface area (Å²) in [4.78, 5) is 19.6. The molecular weight excluding hydrogens is 400 g/mol. The van der Waals surface area contributed by atoms with Gasteiger partial charge in [-0.1, -0.05) is 30.3 Å². The van der Waals surface area contributed by atoms with E-state index in [1.165, 1.54) is 0 Å². The summed E-state index contributed by atoms with van der Waals surface area (Å²) in [5.74, 6) is 1.33. The van der Waals surface area contributed by atoms with E-state index in [-0.39, 0.29) is 11.9 Å². The van der Waals surface area contributed by atoms with Crippen molar-refractivity contribution in [2.45, 2.75) is 18.9 Å². The van der Waals surface area contributed by atoms with Crippen molar-refractivity contribution in [1.29, 1.82) is 0 Å². The first-order valence-corrected chi connectivity index (χ1v) is 10.8. The summed E-state index contributed by atoms with van der Waals surface area (Å²) < 4.78 is 0. The predicted octanol–water partition coefficient (Wildman–Crippen LogP) is 3.67. The van der Waals surface area contributed by atoms with E-state index < -0.39 is 0 Å². The molecule has 3 heterocycles. The van der Waals surface area contributed by atoms with Gasteiger partial charge >= 0.3 is 0 Å². The molecule has 1 aliphatic heterocycles. The third kappa shape index (κ3) is 3.97. The second-order valence-electron chi connectivity index (χ2n) is 7.99. The summed E-state index contributed by atoms with van der Waals surface area (Å²) in [5.41, 5.74) is 8.42. The van der Waals surface area contributed by atoms with Gasteiger partial charge in [-0.25, -0.2) is 4.98 Å². The number of nitrogens with zero attached hydrogens (tertiary/aromatic N) is 4. The summed E-state index contributed by atoms with van der Waals surface area (Å²) in [6.07, 6.45) is 5.18. The lowest BCUT2D eigenvalue weighted by Crippen LogP contribution is -2.45. The molecule has 3 N–H and O–H groups in total. The molecule has 32 heavy (non-hydrogen) atoms. The van der Waals surface area contributed by atoms with Crippen LogP contribution in [0.1, 0.15) is 23.2 Å². The smallest absolute Gasteiger partial charge is 0.252 e. The lowest BCUT2D eigenvalue weighted by atomic mass is 9.95. The second kappa shape index (κ2) is 8.63. The zero-order chi connectivity index (χ0) is 21.9. The molecular formula is C25H24N6O. The van der Waals surface area contributed by atoms with Crippen molar-refractivity contribution < 1.29 is 4.79 Å². The molecule has 0 radical (unpaired) electrons. The standard InChI is InChI=1S/C25H24N6O/c26-23-10-9-17(16-27-23)19-4-1-6-21-20(19)5-2-7-22(21)25(32)29-18-11-14-31(15-12-18)24-8-3-13-28-30-24/h1-10,13,16,18H,11-12,14-15H2,(H2,26,27)(H,29,32). The Hall–Kier alpha value is -4.00. The van der Waals surface area contributed by atoms with E-state index in [0.717, 1.165) is 53.6 Å². The Morgan fingerprint density at radius 1 is 0.969 bits per heavy atom. The average Bonchev–Trinajstić information content (AvgIpc) is 2.85. The van der Waals surface area contributed by atoms with Crippen molar-refractivity contribution in [2.24, 2.45) is 0 Å². The fraction of sp³-hybridized carbons (Fsp3) is 0.200. The fourth-order valence-electron chi connectivity index (χ4n) is 4.30. The highest BCUT2D eigenvalue weighted by Gasteiger charge is 2.23. The topological polar surface area (TPSA) is 97.0 Å². The third-order valence-electron chi connectivity index (χ3n) is 5.98. The monoisotopic (exact) mass is 424 g/mol. The van der Waals surface area contributed by atoms with Crippen LogP contribution in [0.3, 0.4) is 0 Å². The van der Waals surface area contributed by atoms with Gasteiger partial charge < -0.3 is 16.0 Å². The van der Waals surface area contributed by atoms with Crippen molar-refractivity contribution in [3.8, 4) is 11.1 Å². The molecule has 7 heteroatoms. The number of fused-ring (bicyclic) bond motifs is 1. The molecule has 0 spiro atoms. The highest BCUT2D eigenvalue weighted by molar-refractivity contribution is 6.10. The molecule has 4 aromatic rings. The van der Waals surface area contributed by atoms with Crippen molar-refractivity contribution in [2.75, 3.05) is 23.7 Å². The average molecular weight is 425 g/mol. The van der Waals surface area contributed by atoms with Crippen LogP contribution < -0.4 is 16.0 Å². The van der Waals surface area contributed by atoms with Crippen LogP contribution in [0.4, 0.5) is 11.6 Å². The number of benzene rings is 2. The number of nitrogens with two attached hydrogens (primary N) is 1. The van der Waals surface area contributed by atoms with Crippen molar-refractivity contribution in [1.82, 2.24) is 20.5 Å². The van der Waals surface area contributed by atoms with Gasteiger partial charge in [0, 0.05) is 42.7 Å². The number of rotatable bonds is 4. The number of amides is 1. The molecule has 1 fully saturated rings. The van der Waals surface area contributed by atoms with E-state index in [2.05, 4.69) is 25.4 Å². The van der Waals surface area contributed by atoms with Crippen LogP contribution in [0, 0.1) is 0 Å². The normalized spacial score (nSPS) is 14.4. The van der Waals surface area contributed by atoms with Crippen LogP contribution in [-0.4, -0.2) is 40.2 Å². The molecule has 0 atom stereocenters. The zero-order valence-corrected chi connectivity index (χ0v) is 17.6. The number of nitrogen functional groups attached to an aromatic ring is 1. The summed E-state index contributed by atoms with van der Waals surface area (Å²) >= 11 is 0. The van der Waals surface area contributed by atoms with E-state index in [1.54, 1.807) is 18.5 Å². The molecule has 2 aromatic heterocycles. The third-order valence-corrected chi connectivity index (χ3v) is 5.98. The molecule has 0 bridgehead atoms. The first-order chi connectivity index (χ1) is 15.7. The predicted molar refractivity (Wildman–Crippen MR) is 126 cm³/mol. The van der Waals surface area contributed by atoms with Crippen molar-refractivity contribution in [3.05, 3.63) is 78.6 Å². The Morgan fingerprint density at radius 3 is 2.53 bits per heavy atom. The summed E-state index contributed by atoms with van der Waals surface area (Å²) in [6, 6.07) is 19.6. The Balaban J connectivity index is 1.34. The quantitative estimate of drug-likeness (QED) is 0.519. The number of hydrogen-bond acceptors (Lipinski definition) is 6. The van der Waals surface area contributed by atoms with E-state index in [1.807, 2.05) is 54.6 Å². The number of anilines is 2. The van der Waals surface area contributed by atoms with Gasteiger partial charge in [-0.3, -0.25) is 4.79 Å². The number of pyridine rings is 1. The molecule has 0 aliphatic carbocycles.